The molecule has 1 heterocycles. The van der Waals surface area contributed by atoms with Crippen LogP contribution in [0.25, 0.3) is 0 Å². The minimum atomic E-state index is -0.795. The lowest BCUT2D eigenvalue weighted by Crippen LogP contribution is -2.54. The summed E-state index contributed by atoms with van der Waals surface area (Å²) in [6.07, 6.45) is 0. The number of primary amides is 1. The van der Waals surface area contributed by atoms with Gasteiger partial charge in [-0.3, -0.25) is 9.59 Å². The Morgan fingerprint density at radius 1 is 1.42 bits per heavy atom. The van der Waals surface area contributed by atoms with Gasteiger partial charge in [-0.05, 0) is 12.1 Å². The highest BCUT2D eigenvalue weighted by molar-refractivity contribution is 6.34. The summed E-state index contributed by atoms with van der Waals surface area (Å²) in [5, 5.41) is 0.250. The van der Waals surface area contributed by atoms with Crippen molar-refractivity contribution in [1.82, 2.24) is 4.90 Å². The van der Waals surface area contributed by atoms with Crippen LogP contribution in [0.1, 0.15) is 10.4 Å². The van der Waals surface area contributed by atoms with Gasteiger partial charge in [0.05, 0.1) is 23.8 Å². The second kappa shape index (κ2) is 5.46. The van der Waals surface area contributed by atoms with E-state index < -0.39 is 17.9 Å². The van der Waals surface area contributed by atoms with Gasteiger partial charge in [0, 0.05) is 12.2 Å². The molecule has 7 heteroatoms. The standard InChI is InChI=1S/C12H14ClN3O3/c13-7-2-1-3-8(14)10(7)12(18)16-4-5-19-6-9(16)11(15)17/h1-3,9H,4-6,14H2,(H2,15,17). The molecule has 0 spiro atoms. The molecular weight excluding hydrogens is 270 g/mol. The summed E-state index contributed by atoms with van der Waals surface area (Å²) in [5.74, 6) is -1.02. The molecule has 102 valence electrons. The third-order valence-electron chi connectivity index (χ3n) is 2.98. The summed E-state index contributed by atoms with van der Waals surface area (Å²) in [4.78, 5) is 25.2. The molecule has 0 bridgehead atoms. The van der Waals surface area contributed by atoms with Crippen molar-refractivity contribution in [1.29, 1.82) is 0 Å². The van der Waals surface area contributed by atoms with Crippen molar-refractivity contribution >= 4 is 29.1 Å². The van der Waals surface area contributed by atoms with E-state index in [1.54, 1.807) is 18.2 Å². The lowest BCUT2D eigenvalue weighted by molar-refractivity contribution is -0.127. The number of carbonyl (C=O) groups excluding carboxylic acids is 2. The number of nitrogens with two attached hydrogens (primary N) is 2. The highest BCUT2D eigenvalue weighted by atomic mass is 35.5. The third kappa shape index (κ3) is 2.64. The van der Waals surface area contributed by atoms with Gasteiger partial charge in [0.2, 0.25) is 5.91 Å². The SMILES string of the molecule is NC(=O)C1COCCN1C(=O)c1c(N)cccc1Cl. The number of hydrogen-bond donors (Lipinski definition) is 2. The van der Waals surface area contributed by atoms with Gasteiger partial charge in [-0.15, -0.1) is 0 Å². The maximum Gasteiger partial charge on any atom is 0.258 e. The van der Waals surface area contributed by atoms with Crippen molar-refractivity contribution in [3.05, 3.63) is 28.8 Å². The second-order valence-corrected chi connectivity index (χ2v) is 4.60. The highest BCUT2D eigenvalue weighted by Crippen LogP contribution is 2.25. The van der Waals surface area contributed by atoms with Crippen LogP contribution in [0.4, 0.5) is 5.69 Å². The molecule has 1 aliphatic heterocycles. The van der Waals surface area contributed by atoms with Crippen molar-refractivity contribution in [2.75, 3.05) is 25.5 Å². The second-order valence-electron chi connectivity index (χ2n) is 4.20. The van der Waals surface area contributed by atoms with Gasteiger partial charge in [-0.25, -0.2) is 0 Å². The van der Waals surface area contributed by atoms with Crippen molar-refractivity contribution in [2.24, 2.45) is 5.73 Å². The van der Waals surface area contributed by atoms with Crippen molar-refractivity contribution in [3.8, 4) is 0 Å². The molecular formula is C12H14ClN3O3. The Labute approximate surface area is 115 Å². The zero-order valence-corrected chi connectivity index (χ0v) is 10.9. The maximum atomic E-state index is 12.5. The summed E-state index contributed by atoms with van der Waals surface area (Å²) in [6.45, 7) is 0.711. The monoisotopic (exact) mass is 283 g/mol. The summed E-state index contributed by atoms with van der Waals surface area (Å²) >= 11 is 6.00. The first-order valence-corrected chi connectivity index (χ1v) is 6.12. The Balaban J connectivity index is 2.34. The van der Waals surface area contributed by atoms with Crippen molar-refractivity contribution in [2.45, 2.75) is 6.04 Å². The minimum Gasteiger partial charge on any atom is -0.398 e. The number of morpholine rings is 1. The normalized spacial score (nSPS) is 19.2. The number of benzene rings is 1. The molecule has 0 radical (unpaired) electrons. The van der Waals surface area contributed by atoms with Gasteiger partial charge in [0.25, 0.3) is 5.91 Å². The van der Waals surface area contributed by atoms with E-state index >= 15 is 0 Å². The summed E-state index contributed by atoms with van der Waals surface area (Å²) in [5.41, 5.74) is 11.5. The lowest BCUT2D eigenvalue weighted by atomic mass is 10.1. The predicted molar refractivity (Wildman–Crippen MR) is 70.7 cm³/mol. The summed E-state index contributed by atoms with van der Waals surface area (Å²) in [7, 11) is 0. The quantitative estimate of drug-likeness (QED) is 0.760. The van der Waals surface area contributed by atoms with E-state index in [1.807, 2.05) is 0 Å². The fourth-order valence-corrected chi connectivity index (χ4v) is 2.26. The van der Waals surface area contributed by atoms with Crippen molar-refractivity contribution < 1.29 is 14.3 Å². The molecule has 1 fully saturated rings. The van der Waals surface area contributed by atoms with E-state index in [0.29, 0.717) is 6.61 Å². The van der Waals surface area contributed by atoms with Crippen LogP contribution in [-0.4, -0.2) is 42.5 Å². The number of amides is 2. The fraction of sp³-hybridized carbons (Fsp3) is 0.333. The molecule has 1 aromatic rings. The van der Waals surface area contributed by atoms with E-state index in [4.69, 9.17) is 27.8 Å². The van der Waals surface area contributed by atoms with Gasteiger partial charge >= 0.3 is 0 Å². The average molecular weight is 284 g/mol. The first-order valence-electron chi connectivity index (χ1n) is 5.74. The molecule has 1 unspecified atom stereocenters. The van der Waals surface area contributed by atoms with Crippen LogP contribution in [0, 0.1) is 0 Å². The van der Waals surface area contributed by atoms with Crippen LogP contribution in [0.3, 0.4) is 0 Å². The third-order valence-corrected chi connectivity index (χ3v) is 3.29. The molecule has 1 aromatic carbocycles. The minimum absolute atomic E-state index is 0.0887. The van der Waals surface area contributed by atoms with Gasteiger partial charge in [0.15, 0.2) is 0 Å². The number of nitrogen functional groups attached to an aromatic ring is 1. The molecule has 2 amide bonds. The van der Waals surface area contributed by atoms with Gasteiger partial charge in [-0.2, -0.15) is 0 Å². The van der Waals surface area contributed by atoms with Crippen LogP contribution in [-0.2, 0) is 9.53 Å². The van der Waals surface area contributed by atoms with Gasteiger partial charge < -0.3 is 21.1 Å². The zero-order chi connectivity index (χ0) is 14.0. The Morgan fingerprint density at radius 2 is 2.16 bits per heavy atom. The Kier molecular flexibility index (Phi) is 3.92. The topological polar surface area (TPSA) is 98.7 Å². The molecule has 0 saturated carbocycles. The van der Waals surface area contributed by atoms with Crippen LogP contribution in [0.2, 0.25) is 5.02 Å². The molecule has 4 N–H and O–H groups in total. The van der Waals surface area contributed by atoms with Gasteiger partial charge in [0.1, 0.15) is 6.04 Å². The van der Waals surface area contributed by atoms with Crippen LogP contribution < -0.4 is 11.5 Å². The van der Waals surface area contributed by atoms with E-state index in [0.717, 1.165) is 0 Å². The fourth-order valence-electron chi connectivity index (χ4n) is 1.99. The number of halogens is 1. The highest BCUT2D eigenvalue weighted by Gasteiger charge is 2.33. The smallest absolute Gasteiger partial charge is 0.258 e. The van der Waals surface area contributed by atoms with Crippen LogP contribution >= 0.6 is 11.6 Å². The molecule has 6 nitrogen and oxygen atoms in total. The Morgan fingerprint density at radius 3 is 2.79 bits per heavy atom. The molecule has 0 aliphatic carbocycles. The Hall–Kier alpha value is -1.79. The van der Waals surface area contributed by atoms with Crippen LogP contribution in [0.15, 0.2) is 18.2 Å². The molecule has 1 saturated heterocycles. The predicted octanol–water partition coefficient (Wildman–Crippen LogP) is 0.249. The molecule has 1 aliphatic rings. The lowest BCUT2D eigenvalue weighted by Gasteiger charge is -2.34. The maximum absolute atomic E-state index is 12.5. The summed E-state index contributed by atoms with van der Waals surface area (Å²) in [6, 6.07) is 4.01. The molecule has 2 rings (SSSR count). The van der Waals surface area contributed by atoms with E-state index in [1.165, 1.54) is 4.90 Å². The molecule has 19 heavy (non-hydrogen) atoms. The average Bonchev–Trinajstić information content (AvgIpc) is 2.38. The molecule has 1 atom stereocenters. The number of rotatable bonds is 2. The first kappa shape index (κ1) is 13.6. The van der Waals surface area contributed by atoms with E-state index in [2.05, 4.69) is 0 Å². The summed E-state index contributed by atoms with van der Waals surface area (Å²) < 4.78 is 5.16. The first-order chi connectivity index (χ1) is 9.02. The number of ether oxygens (including phenoxy) is 1. The number of hydrogen-bond acceptors (Lipinski definition) is 4. The molecule has 0 aromatic heterocycles. The van der Waals surface area contributed by atoms with Crippen LogP contribution in [0.5, 0.6) is 0 Å². The van der Waals surface area contributed by atoms with E-state index in [9.17, 15) is 9.59 Å². The largest absolute Gasteiger partial charge is 0.398 e. The number of nitrogens with zero attached hydrogens (tertiary/aromatic N) is 1. The number of carbonyl (C=O) groups is 2. The number of anilines is 1. The van der Waals surface area contributed by atoms with E-state index in [-0.39, 0.29) is 29.4 Å². The van der Waals surface area contributed by atoms with Gasteiger partial charge in [-0.1, -0.05) is 17.7 Å². The zero-order valence-electron chi connectivity index (χ0n) is 10.1. The Bertz CT molecular complexity index is 501. The van der Waals surface area contributed by atoms with Crippen molar-refractivity contribution in [3.63, 3.8) is 0 Å².